The Bertz CT molecular complexity index is 814. The lowest BCUT2D eigenvalue weighted by atomic mass is 10.2. The van der Waals surface area contributed by atoms with E-state index in [0.717, 1.165) is 21.2 Å². The van der Waals surface area contributed by atoms with Crippen molar-refractivity contribution in [2.75, 3.05) is 5.73 Å². The molecule has 92 valence electrons. The third-order valence-electron chi connectivity index (χ3n) is 2.90. The molecular weight excluding hydrogens is 304 g/mol. The van der Waals surface area contributed by atoms with Gasteiger partial charge in [-0.3, -0.25) is 4.57 Å². The summed E-state index contributed by atoms with van der Waals surface area (Å²) >= 11 is 3.47. The number of para-hydroxylation sites is 2. The van der Waals surface area contributed by atoms with Crippen LogP contribution in [0, 0.1) is 11.3 Å². The predicted molar refractivity (Wildman–Crippen MR) is 77.9 cm³/mol. The van der Waals surface area contributed by atoms with E-state index in [2.05, 4.69) is 27.0 Å². The van der Waals surface area contributed by atoms with Crippen molar-refractivity contribution >= 4 is 32.9 Å². The first-order valence-electron chi connectivity index (χ1n) is 5.63. The normalized spacial score (nSPS) is 10.5. The predicted octanol–water partition coefficient (Wildman–Crippen LogP) is 3.24. The third kappa shape index (κ3) is 1.86. The quantitative estimate of drug-likeness (QED) is 0.750. The maximum atomic E-state index is 8.90. The van der Waals surface area contributed by atoms with Crippen LogP contribution in [0.1, 0.15) is 5.56 Å². The van der Waals surface area contributed by atoms with Gasteiger partial charge in [-0.15, -0.1) is 0 Å². The lowest BCUT2D eigenvalue weighted by molar-refractivity contribution is 1.10. The van der Waals surface area contributed by atoms with E-state index in [4.69, 9.17) is 11.0 Å². The number of benzene rings is 2. The van der Waals surface area contributed by atoms with Crippen molar-refractivity contribution in [3.63, 3.8) is 0 Å². The Hall–Kier alpha value is -2.32. The van der Waals surface area contributed by atoms with Gasteiger partial charge in [-0.25, -0.2) is 4.98 Å². The van der Waals surface area contributed by atoms with Crippen molar-refractivity contribution in [3.8, 4) is 11.8 Å². The van der Waals surface area contributed by atoms with Crippen LogP contribution in [-0.4, -0.2) is 9.55 Å². The van der Waals surface area contributed by atoms with Gasteiger partial charge in [0.1, 0.15) is 0 Å². The van der Waals surface area contributed by atoms with E-state index in [1.54, 1.807) is 12.1 Å². The number of nitrogens with two attached hydrogens (primary N) is 1. The molecule has 0 amide bonds. The highest BCUT2D eigenvalue weighted by Gasteiger charge is 2.12. The Morgan fingerprint density at radius 1 is 1.21 bits per heavy atom. The van der Waals surface area contributed by atoms with E-state index >= 15 is 0 Å². The van der Waals surface area contributed by atoms with Gasteiger partial charge in [0.05, 0.1) is 28.4 Å². The van der Waals surface area contributed by atoms with Crippen LogP contribution in [0.5, 0.6) is 0 Å². The molecule has 0 saturated heterocycles. The summed E-state index contributed by atoms with van der Waals surface area (Å²) in [6.07, 6.45) is 0. The van der Waals surface area contributed by atoms with Gasteiger partial charge in [0.2, 0.25) is 5.95 Å². The zero-order chi connectivity index (χ0) is 13.4. The minimum Gasteiger partial charge on any atom is -0.369 e. The molecule has 0 unspecified atom stereocenters. The number of anilines is 1. The lowest BCUT2D eigenvalue weighted by Crippen LogP contribution is -2.01. The fourth-order valence-electron chi connectivity index (χ4n) is 2.06. The van der Waals surface area contributed by atoms with Crippen LogP contribution >= 0.6 is 15.9 Å². The van der Waals surface area contributed by atoms with Crippen molar-refractivity contribution in [2.24, 2.45) is 0 Å². The summed E-state index contributed by atoms with van der Waals surface area (Å²) in [4.78, 5) is 4.33. The average molecular weight is 313 g/mol. The van der Waals surface area contributed by atoms with Gasteiger partial charge in [0.25, 0.3) is 0 Å². The zero-order valence-corrected chi connectivity index (χ0v) is 11.4. The summed E-state index contributed by atoms with van der Waals surface area (Å²) in [6, 6.07) is 15.2. The van der Waals surface area contributed by atoms with Crippen LogP contribution in [0.2, 0.25) is 0 Å². The van der Waals surface area contributed by atoms with E-state index in [1.807, 2.05) is 34.9 Å². The highest BCUT2D eigenvalue weighted by Crippen LogP contribution is 2.28. The molecule has 0 atom stereocenters. The molecule has 1 heterocycles. The number of fused-ring (bicyclic) bond motifs is 1. The standard InChI is InChI=1S/C14H9BrN4/c15-10-7-9(8-16)5-6-12(10)19-13-4-2-1-3-11(13)18-14(19)17/h1-7H,(H2,17,18). The minimum atomic E-state index is 0.423. The fourth-order valence-corrected chi connectivity index (χ4v) is 2.61. The summed E-state index contributed by atoms with van der Waals surface area (Å²) in [5.74, 6) is 0.423. The Morgan fingerprint density at radius 3 is 2.74 bits per heavy atom. The summed E-state index contributed by atoms with van der Waals surface area (Å²) in [6.45, 7) is 0. The molecular formula is C14H9BrN4. The lowest BCUT2D eigenvalue weighted by Gasteiger charge is -2.09. The first-order chi connectivity index (χ1) is 9.20. The molecule has 3 aromatic rings. The molecule has 0 aliphatic rings. The molecule has 19 heavy (non-hydrogen) atoms. The number of halogens is 1. The number of nitrogen functional groups attached to an aromatic ring is 1. The van der Waals surface area contributed by atoms with Gasteiger partial charge in [0, 0.05) is 4.47 Å². The fraction of sp³-hybridized carbons (Fsp3) is 0. The largest absolute Gasteiger partial charge is 0.369 e. The molecule has 0 saturated carbocycles. The van der Waals surface area contributed by atoms with Crippen LogP contribution in [-0.2, 0) is 0 Å². The average Bonchev–Trinajstić information content (AvgIpc) is 2.75. The molecule has 5 heteroatoms. The molecule has 0 aliphatic carbocycles. The minimum absolute atomic E-state index is 0.423. The number of aromatic nitrogens is 2. The highest BCUT2D eigenvalue weighted by molar-refractivity contribution is 9.10. The zero-order valence-electron chi connectivity index (χ0n) is 9.84. The second kappa shape index (κ2) is 4.41. The van der Waals surface area contributed by atoms with Crippen LogP contribution in [0.15, 0.2) is 46.9 Å². The maximum Gasteiger partial charge on any atom is 0.205 e. The van der Waals surface area contributed by atoms with Gasteiger partial charge < -0.3 is 5.73 Å². The summed E-state index contributed by atoms with van der Waals surface area (Å²) in [5, 5.41) is 8.90. The van der Waals surface area contributed by atoms with Gasteiger partial charge in [0.15, 0.2) is 0 Å². The molecule has 3 rings (SSSR count). The summed E-state index contributed by atoms with van der Waals surface area (Å²) in [7, 11) is 0. The first-order valence-corrected chi connectivity index (χ1v) is 6.43. The number of imidazole rings is 1. The Morgan fingerprint density at radius 2 is 2.00 bits per heavy atom. The highest BCUT2D eigenvalue weighted by atomic mass is 79.9. The van der Waals surface area contributed by atoms with E-state index in [1.165, 1.54) is 0 Å². The van der Waals surface area contributed by atoms with Crippen LogP contribution in [0.3, 0.4) is 0 Å². The van der Waals surface area contributed by atoms with Gasteiger partial charge >= 0.3 is 0 Å². The number of nitrogens with zero attached hydrogens (tertiary/aromatic N) is 3. The topological polar surface area (TPSA) is 67.6 Å². The Balaban J connectivity index is 2.31. The molecule has 2 aromatic carbocycles. The van der Waals surface area contributed by atoms with E-state index < -0.39 is 0 Å². The van der Waals surface area contributed by atoms with Gasteiger partial charge in [-0.05, 0) is 46.3 Å². The van der Waals surface area contributed by atoms with E-state index in [9.17, 15) is 0 Å². The molecule has 1 aromatic heterocycles. The van der Waals surface area contributed by atoms with Crippen LogP contribution in [0.25, 0.3) is 16.7 Å². The molecule has 0 bridgehead atoms. The Kier molecular flexibility index (Phi) is 2.73. The second-order valence-corrected chi connectivity index (χ2v) is 4.93. The first kappa shape index (κ1) is 11.8. The SMILES string of the molecule is N#Cc1ccc(-n2c(N)nc3ccccc32)c(Br)c1. The van der Waals surface area contributed by atoms with Crippen molar-refractivity contribution < 1.29 is 0 Å². The number of rotatable bonds is 1. The number of hydrogen-bond acceptors (Lipinski definition) is 3. The van der Waals surface area contributed by atoms with Crippen molar-refractivity contribution in [1.82, 2.24) is 9.55 Å². The molecule has 0 fully saturated rings. The molecule has 4 nitrogen and oxygen atoms in total. The van der Waals surface area contributed by atoms with Crippen molar-refractivity contribution in [1.29, 1.82) is 5.26 Å². The smallest absolute Gasteiger partial charge is 0.205 e. The van der Waals surface area contributed by atoms with Gasteiger partial charge in [-0.1, -0.05) is 12.1 Å². The molecule has 0 radical (unpaired) electrons. The molecule has 0 spiro atoms. The van der Waals surface area contributed by atoms with Gasteiger partial charge in [-0.2, -0.15) is 5.26 Å². The Labute approximate surface area is 118 Å². The third-order valence-corrected chi connectivity index (χ3v) is 3.54. The van der Waals surface area contributed by atoms with Crippen LogP contribution < -0.4 is 5.73 Å². The number of nitriles is 1. The van der Waals surface area contributed by atoms with E-state index in [0.29, 0.717) is 11.5 Å². The van der Waals surface area contributed by atoms with Crippen molar-refractivity contribution in [2.45, 2.75) is 0 Å². The second-order valence-electron chi connectivity index (χ2n) is 4.07. The monoisotopic (exact) mass is 312 g/mol. The molecule has 0 aliphatic heterocycles. The maximum absolute atomic E-state index is 8.90. The summed E-state index contributed by atoms with van der Waals surface area (Å²) in [5.41, 5.74) is 9.23. The summed E-state index contributed by atoms with van der Waals surface area (Å²) < 4.78 is 2.67. The number of hydrogen-bond donors (Lipinski definition) is 1. The molecule has 2 N–H and O–H groups in total. The van der Waals surface area contributed by atoms with Crippen LogP contribution in [0.4, 0.5) is 5.95 Å². The van der Waals surface area contributed by atoms with Crippen molar-refractivity contribution in [3.05, 3.63) is 52.5 Å². The van der Waals surface area contributed by atoms with E-state index in [-0.39, 0.29) is 0 Å².